The van der Waals surface area contributed by atoms with Crippen molar-refractivity contribution < 1.29 is 8.42 Å². The van der Waals surface area contributed by atoms with Gasteiger partial charge in [0.2, 0.25) is 0 Å². The van der Waals surface area contributed by atoms with Crippen LogP contribution in [-0.2, 0) is 9.84 Å². The summed E-state index contributed by atoms with van der Waals surface area (Å²) in [6.45, 7) is 8.91. The Bertz CT molecular complexity index is 615. The second kappa shape index (κ2) is 12.0. The number of guanidine groups is 1. The first-order valence-electron chi connectivity index (χ1n) is 8.18. The van der Waals surface area contributed by atoms with E-state index >= 15 is 0 Å². The molecule has 0 aromatic heterocycles. The zero-order valence-electron chi connectivity index (χ0n) is 15.4. The van der Waals surface area contributed by atoms with Crippen LogP contribution in [-0.4, -0.2) is 50.3 Å². The fourth-order valence-electron chi connectivity index (χ4n) is 1.78. The highest BCUT2D eigenvalue weighted by Gasteiger charge is 2.28. The minimum atomic E-state index is -3.14. The highest BCUT2D eigenvalue weighted by Crippen LogP contribution is 2.16. The van der Waals surface area contributed by atoms with Gasteiger partial charge in [0.05, 0.1) is 17.0 Å². The fraction of sp³-hybridized carbons (Fsp3) is 0.588. The van der Waals surface area contributed by atoms with E-state index in [1.165, 1.54) is 4.90 Å². The van der Waals surface area contributed by atoms with E-state index in [4.69, 9.17) is 0 Å². The first-order chi connectivity index (χ1) is 11.3. The maximum atomic E-state index is 12.1. The molecule has 0 saturated carbocycles. The van der Waals surface area contributed by atoms with Crippen LogP contribution < -0.4 is 10.6 Å². The van der Waals surface area contributed by atoms with E-state index in [0.29, 0.717) is 5.96 Å². The van der Waals surface area contributed by atoms with Gasteiger partial charge >= 0.3 is 0 Å². The summed E-state index contributed by atoms with van der Waals surface area (Å²) in [4.78, 5) is 5.60. The van der Waals surface area contributed by atoms with Crippen molar-refractivity contribution in [3.05, 3.63) is 30.3 Å². The first kappa shape index (κ1) is 24.5. The van der Waals surface area contributed by atoms with E-state index in [1.807, 2.05) is 25.1 Å². The molecular formula is C17H30IN3O2S2. The van der Waals surface area contributed by atoms with Gasteiger partial charge in [-0.15, -0.1) is 35.7 Å². The molecule has 0 fully saturated rings. The molecule has 0 aliphatic carbocycles. The maximum absolute atomic E-state index is 12.1. The van der Waals surface area contributed by atoms with Gasteiger partial charge in [-0.25, -0.2) is 8.42 Å². The number of halogens is 1. The van der Waals surface area contributed by atoms with Crippen molar-refractivity contribution in [1.82, 2.24) is 10.6 Å². The third-order valence-corrected chi connectivity index (χ3v) is 6.91. The molecule has 0 unspecified atom stereocenters. The van der Waals surface area contributed by atoms with E-state index in [-0.39, 0.29) is 36.3 Å². The Morgan fingerprint density at radius 2 is 1.80 bits per heavy atom. The molecule has 0 aliphatic heterocycles. The highest BCUT2D eigenvalue weighted by molar-refractivity contribution is 14.0. The van der Waals surface area contributed by atoms with Gasteiger partial charge in [0.25, 0.3) is 0 Å². The van der Waals surface area contributed by atoms with E-state index in [1.54, 1.807) is 32.5 Å². The number of thioether (sulfide) groups is 1. The number of hydrogen-bond donors (Lipinski definition) is 2. The summed E-state index contributed by atoms with van der Waals surface area (Å²) in [6.07, 6.45) is 0. The van der Waals surface area contributed by atoms with Gasteiger partial charge in [-0.3, -0.25) is 4.99 Å². The van der Waals surface area contributed by atoms with E-state index in [2.05, 4.69) is 27.8 Å². The smallest absolute Gasteiger partial charge is 0.191 e. The number of nitrogens with one attached hydrogen (secondary N) is 2. The third kappa shape index (κ3) is 9.69. The molecule has 0 heterocycles. The van der Waals surface area contributed by atoms with Gasteiger partial charge in [0.1, 0.15) is 0 Å². The molecule has 0 saturated heterocycles. The summed E-state index contributed by atoms with van der Waals surface area (Å²) < 4.78 is 23.5. The zero-order chi connectivity index (χ0) is 18.1. The quantitative estimate of drug-likeness (QED) is 0.189. The van der Waals surface area contributed by atoms with Crippen molar-refractivity contribution >= 4 is 51.5 Å². The summed E-state index contributed by atoms with van der Waals surface area (Å²) in [5.41, 5.74) is 0. The van der Waals surface area contributed by atoms with Crippen LogP contribution in [0.4, 0.5) is 0 Å². The predicted octanol–water partition coefficient (Wildman–Crippen LogP) is 3.17. The molecule has 0 aliphatic rings. The van der Waals surface area contributed by atoms with Crippen LogP contribution in [0.25, 0.3) is 0 Å². The Morgan fingerprint density at radius 3 is 2.36 bits per heavy atom. The van der Waals surface area contributed by atoms with Crippen LogP contribution in [0.5, 0.6) is 0 Å². The fourth-order valence-corrected chi connectivity index (χ4v) is 3.51. The monoisotopic (exact) mass is 499 g/mol. The minimum absolute atomic E-state index is 0. The Labute approximate surface area is 173 Å². The number of aliphatic imine (C=N–C) groups is 1. The Morgan fingerprint density at radius 1 is 1.16 bits per heavy atom. The van der Waals surface area contributed by atoms with E-state index < -0.39 is 14.6 Å². The second-order valence-corrected chi connectivity index (χ2v) is 10.3. The van der Waals surface area contributed by atoms with Crippen molar-refractivity contribution in [2.45, 2.75) is 37.3 Å². The Hall–Kier alpha value is -0.480. The van der Waals surface area contributed by atoms with Crippen molar-refractivity contribution in [1.29, 1.82) is 0 Å². The average molecular weight is 499 g/mol. The number of nitrogens with zero attached hydrogens (tertiary/aromatic N) is 1. The predicted molar refractivity (Wildman–Crippen MR) is 120 cm³/mol. The lowest BCUT2D eigenvalue weighted by Gasteiger charge is -2.18. The summed E-state index contributed by atoms with van der Waals surface area (Å²) in [5.74, 6) is 1.64. The number of benzene rings is 1. The van der Waals surface area contributed by atoms with Crippen LogP contribution in [0.3, 0.4) is 0 Å². The SMILES string of the molecule is CCNC(=NCCS(=O)(=O)C(C)(C)C)NCCSc1ccccc1.I. The number of hydrogen-bond acceptors (Lipinski definition) is 4. The van der Waals surface area contributed by atoms with Crippen molar-refractivity contribution in [2.75, 3.05) is 31.1 Å². The molecule has 0 atom stereocenters. The van der Waals surface area contributed by atoms with E-state index in [9.17, 15) is 8.42 Å². The molecular weight excluding hydrogens is 469 g/mol. The number of rotatable bonds is 8. The van der Waals surface area contributed by atoms with Crippen LogP contribution in [0, 0.1) is 0 Å². The summed E-state index contributed by atoms with van der Waals surface area (Å²) in [6, 6.07) is 10.2. The topological polar surface area (TPSA) is 70.6 Å². The molecule has 1 rings (SSSR count). The molecule has 0 amide bonds. The van der Waals surface area contributed by atoms with Crippen LogP contribution in [0.1, 0.15) is 27.7 Å². The second-order valence-electron chi connectivity index (χ2n) is 6.28. The molecule has 25 heavy (non-hydrogen) atoms. The van der Waals surface area contributed by atoms with Crippen molar-refractivity contribution in [3.63, 3.8) is 0 Å². The maximum Gasteiger partial charge on any atom is 0.191 e. The number of sulfone groups is 1. The third-order valence-electron chi connectivity index (χ3n) is 3.31. The summed E-state index contributed by atoms with van der Waals surface area (Å²) >= 11 is 1.77. The van der Waals surface area contributed by atoms with Gasteiger partial charge in [-0.2, -0.15) is 0 Å². The standard InChI is InChI=1S/C17H29N3O2S2.HI/c1-5-18-16(20-12-14-24(21,22)17(2,3)4)19-11-13-23-15-9-7-6-8-10-15;/h6-10H,5,11-14H2,1-4H3,(H2,18,19,20);1H. The highest BCUT2D eigenvalue weighted by atomic mass is 127. The van der Waals surface area contributed by atoms with Crippen LogP contribution >= 0.6 is 35.7 Å². The van der Waals surface area contributed by atoms with Crippen LogP contribution in [0.2, 0.25) is 0 Å². The summed E-state index contributed by atoms with van der Waals surface area (Å²) in [5, 5.41) is 6.38. The minimum Gasteiger partial charge on any atom is -0.357 e. The molecule has 1 aromatic carbocycles. The van der Waals surface area contributed by atoms with Crippen molar-refractivity contribution in [2.24, 2.45) is 4.99 Å². The van der Waals surface area contributed by atoms with Gasteiger partial charge in [0, 0.05) is 23.7 Å². The average Bonchev–Trinajstić information content (AvgIpc) is 2.51. The summed E-state index contributed by atoms with van der Waals surface area (Å²) in [7, 11) is -3.14. The largest absolute Gasteiger partial charge is 0.357 e. The van der Waals surface area contributed by atoms with Crippen LogP contribution in [0.15, 0.2) is 40.2 Å². The lowest BCUT2D eigenvalue weighted by molar-refractivity contribution is 0.560. The first-order valence-corrected chi connectivity index (χ1v) is 10.8. The van der Waals surface area contributed by atoms with Gasteiger partial charge in [-0.1, -0.05) is 18.2 Å². The molecule has 8 heteroatoms. The zero-order valence-corrected chi connectivity index (χ0v) is 19.4. The Balaban J connectivity index is 0.00000576. The lowest BCUT2D eigenvalue weighted by atomic mass is 10.3. The Kier molecular flexibility index (Phi) is 11.8. The molecule has 1 aromatic rings. The van der Waals surface area contributed by atoms with Gasteiger partial charge in [0.15, 0.2) is 15.8 Å². The van der Waals surface area contributed by atoms with Gasteiger partial charge in [-0.05, 0) is 39.8 Å². The van der Waals surface area contributed by atoms with Crippen molar-refractivity contribution in [3.8, 4) is 0 Å². The molecule has 2 N–H and O–H groups in total. The molecule has 5 nitrogen and oxygen atoms in total. The lowest BCUT2D eigenvalue weighted by Crippen LogP contribution is -2.39. The molecule has 0 bridgehead atoms. The van der Waals surface area contributed by atoms with Gasteiger partial charge < -0.3 is 10.6 Å². The molecule has 144 valence electrons. The molecule has 0 radical (unpaired) electrons. The van der Waals surface area contributed by atoms with E-state index in [0.717, 1.165) is 18.8 Å². The normalized spacial score (nSPS) is 12.4. The molecule has 0 spiro atoms.